The molecule has 0 spiro atoms. The fourth-order valence-electron chi connectivity index (χ4n) is 2.02. The van der Waals surface area contributed by atoms with E-state index in [1.54, 1.807) is 0 Å². The number of H-pyrrole nitrogens is 1. The topological polar surface area (TPSA) is 82.5 Å². The lowest BCUT2D eigenvalue weighted by atomic mass is 10.0. The summed E-state index contributed by atoms with van der Waals surface area (Å²) in [6.07, 6.45) is 2.17. The Morgan fingerprint density at radius 3 is 2.59 bits per heavy atom. The van der Waals surface area contributed by atoms with Crippen molar-refractivity contribution >= 4 is 5.91 Å². The molecule has 0 fully saturated rings. The highest BCUT2D eigenvalue weighted by Gasteiger charge is 2.39. The van der Waals surface area contributed by atoms with Crippen LogP contribution < -0.4 is 5.32 Å². The molecular formula is C13H14F3N5O. The number of hydrogen-bond donors (Lipinski definition) is 2. The van der Waals surface area contributed by atoms with Crippen molar-refractivity contribution < 1.29 is 18.0 Å². The van der Waals surface area contributed by atoms with E-state index < -0.39 is 23.4 Å². The summed E-state index contributed by atoms with van der Waals surface area (Å²) in [4.78, 5) is 11.9. The van der Waals surface area contributed by atoms with Gasteiger partial charge in [-0.15, -0.1) is 12.3 Å². The number of hydrogen-bond acceptors (Lipinski definition) is 4. The van der Waals surface area contributed by atoms with Crippen LogP contribution in [0.5, 0.6) is 0 Å². The number of aromatic nitrogens is 2. The predicted octanol–water partition coefficient (Wildman–Crippen LogP) is 2.43. The number of rotatable bonds is 6. The van der Waals surface area contributed by atoms with E-state index in [1.165, 1.54) is 6.92 Å². The Labute approximate surface area is 124 Å². The fraction of sp³-hybridized carbons (Fsp3) is 0.538. The minimum absolute atomic E-state index is 0.226. The van der Waals surface area contributed by atoms with Crippen LogP contribution in [0.3, 0.4) is 0 Å². The summed E-state index contributed by atoms with van der Waals surface area (Å²) in [6, 6.07) is 0. The summed E-state index contributed by atoms with van der Waals surface area (Å²) < 4.78 is 37.8. The number of terminal acetylenes is 1. The van der Waals surface area contributed by atoms with E-state index in [9.17, 15) is 18.0 Å². The highest BCUT2D eigenvalue weighted by Crippen LogP contribution is 2.36. The van der Waals surface area contributed by atoms with Crippen molar-refractivity contribution in [3.05, 3.63) is 17.0 Å². The average Bonchev–Trinajstić information content (AvgIpc) is 3.08. The molecule has 1 aliphatic rings. The van der Waals surface area contributed by atoms with E-state index in [4.69, 9.17) is 6.42 Å². The minimum Gasteiger partial charge on any atom is -0.350 e. The van der Waals surface area contributed by atoms with Crippen LogP contribution in [0.4, 0.5) is 13.2 Å². The molecule has 0 saturated heterocycles. The molecule has 1 amide bonds. The molecule has 22 heavy (non-hydrogen) atoms. The van der Waals surface area contributed by atoms with E-state index in [-0.39, 0.29) is 17.8 Å². The molecule has 0 aromatic carbocycles. The summed E-state index contributed by atoms with van der Waals surface area (Å²) in [6.45, 7) is 1.42. The highest BCUT2D eigenvalue weighted by atomic mass is 19.4. The van der Waals surface area contributed by atoms with Gasteiger partial charge in [0.15, 0.2) is 11.4 Å². The molecule has 0 saturated carbocycles. The maximum Gasteiger partial charge on any atom is 0.433 e. The van der Waals surface area contributed by atoms with Crippen molar-refractivity contribution in [1.82, 2.24) is 15.5 Å². The maximum absolute atomic E-state index is 12.6. The van der Waals surface area contributed by atoms with Gasteiger partial charge in [0.25, 0.3) is 5.91 Å². The van der Waals surface area contributed by atoms with Crippen LogP contribution in [0.25, 0.3) is 0 Å². The van der Waals surface area contributed by atoms with E-state index in [1.807, 2.05) is 5.10 Å². The SMILES string of the molecule is C#CCCC1(CCNC(=O)c2n[nH]c(C(F)(F)F)c2C)N=N1. The Balaban J connectivity index is 1.89. The first-order chi connectivity index (χ1) is 10.3. The van der Waals surface area contributed by atoms with Gasteiger partial charge >= 0.3 is 6.18 Å². The first kappa shape index (κ1) is 16.0. The Morgan fingerprint density at radius 2 is 2.09 bits per heavy atom. The molecule has 2 N–H and O–H groups in total. The van der Waals surface area contributed by atoms with E-state index >= 15 is 0 Å². The smallest absolute Gasteiger partial charge is 0.350 e. The molecule has 0 radical (unpaired) electrons. The molecule has 1 aliphatic heterocycles. The standard InChI is InChI=1S/C13H14F3N5O/c1-3-4-5-12(20-21-12)6-7-17-11(22)9-8(2)10(19-18-9)13(14,15)16/h1H,4-7H2,2H3,(H,17,22)(H,18,19). The lowest BCUT2D eigenvalue weighted by Gasteiger charge is -2.09. The number of nitrogens with one attached hydrogen (secondary N) is 2. The predicted molar refractivity (Wildman–Crippen MR) is 70.9 cm³/mol. The van der Waals surface area contributed by atoms with Gasteiger partial charge in [0.05, 0.1) is 0 Å². The normalized spacial score (nSPS) is 15.4. The van der Waals surface area contributed by atoms with Crippen LogP contribution in [-0.4, -0.2) is 28.3 Å². The van der Waals surface area contributed by atoms with Gasteiger partial charge in [0, 0.05) is 31.4 Å². The molecule has 6 nitrogen and oxygen atoms in total. The van der Waals surface area contributed by atoms with Crippen LogP contribution >= 0.6 is 0 Å². The van der Waals surface area contributed by atoms with Gasteiger partial charge in [-0.3, -0.25) is 9.89 Å². The first-order valence-corrected chi connectivity index (χ1v) is 6.57. The second-order valence-corrected chi connectivity index (χ2v) is 4.96. The third-order valence-corrected chi connectivity index (χ3v) is 3.37. The van der Waals surface area contributed by atoms with Crippen molar-refractivity contribution in [2.75, 3.05) is 6.54 Å². The molecule has 1 aromatic rings. The number of nitrogens with zero attached hydrogens (tertiary/aromatic N) is 3. The lowest BCUT2D eigenvalue weighted by Crippen LogP contribution is -2.29. The summed E-state index contributed by atoms with van der Waals surface area (Å²) in [5.41, 5.74) is -2.06. The number of carbonyl (C=O) groups is 1. The summed E-state index contributed by atoms with van der Waals surface area (Å²) >= 11 is 0. The molecule has 1 aromatic heterocycles. The van der Waals surface area contributed by atoms with Gasteiger partial charge in [0.1, 0.15) is 5.69 Å². The van der Waals surface area contributed by atoms with Crippen LogP contribution in [0.1, 0.15) is 41.0 Å². The average molecular weight is 313 g/mol. The van der Waals surface area contributed by atoms with Crippen LogP contribution in [0.15, 0.2) is 10.2 Å². The Morgan fingerprint density at radius 1 is 1.41 bits per heavy atom. The Hall–Kier alpha value is -2.37. The van der Waals surface area contributed by atoms with E-state index in [2.05, 4.69) is 26.6 Å². The van der Waals surface area contributed by atoms with Crippen molar-refractivity contribution in [3.63, 3.8) is 0 Å². The summed E-state index contributed by atoms with van der Waals surface area (Å²) in [5, 5.41) is 15.6. The number of halogens is 3. The number of aromatic amines is 1. The first-order valence-electron chi connectivity index (χ1n) is 6.57. The zero-order chi connectivity index (χ0) is 16.4. The Kier molecular flexibility index (Phi) is 4.21. The third-order valence-electron chi connectivity index (χ3n) is 3.37. The molecule has 9 heteroatoms. The number of amides is 1. The van der Waals surface area contributed by atoms with Crippen molar-refractivity contribution in [2.45, 2.75) is 38.0 Å². The molecule has 118 valence electrons. The minimum atomic E-state index is -4.57. The molecule has 2 heterocycles. The number of carbonyl (C=O) groups excluding carboxylic acids is 1. The monoisotopic (exact) mass is 313 g/mol. The molecule has 0 aliphatic carbocycles. The van der Waals surface area contributed by atoms with Crippen molar-refractivity contribution in [1.29, 1.82) is 0 Å². The van der Waals surface area contributed by atoms with E-state index in [0.717, 1.165) is 0 Å². The lowest BCUT2D eigenvalue weighted by molar-refractivity contribution is -0.141. The number of alkyl halides is 3. The summed E-state index contributed by atoms with van der Waals surface area (Å²) in [7, 11) is 0. The second-order valence-electron chi connectivity index (χ2n) is 4.96. The zero-order valence-corrected chi connectivity index (χ0v) is 11.8. The molecule has 0 bridgehead atoms. The van der Waals surface area contributed by atoms with Gasteiger partial charge < -0.3 is 5.32 Å². The fourth-order valence-corrected chi connectivity index (χ4v) is 2.02. The molecule has 0 unspecified atom stereocenters. The van der Waals surface area contributed by atoms with Gasteiger partial charge in [0.2, 0.25) is 0 Å². The van der Waals surface area contributed by atoms with Crippen LogP contribution in [0, 0.1) is 19.3 Å². The van der Waals surface area contributed by atoms with Gasteiger partial charge in [-0.25, -0.2) is 0 Å². The van der Waals surface area contributed by atoms with E-state index in [0.29, 0.717) is 19.3 Å². The largest absolute Gasteiger partial charge is 0.433 e. The van der Waals surface area contributed by atoms with Crippen LogP contribution in [-0.2, 0) is 6.18 Å². The third kappa shape index (κ3) is 3.44. The molecular weight excluding hydrogens is 299 g/mol. The van der Waals surface area contributed by atoms with Gasteiger partial charge in [-0.1, -0.05) is 0 Å². The summed E-state index contributed by atoms with van der Waals surface area (Å²) in [5.74, 6) is 1.82. The van der Waals surface area contributed by atoms with Crippen molar-refractivity contribution in [2.24, 2.45) is 10.2 Å². The van der Waals surface area contributed by atoms with Gasteiger partial charge in [-0.2, -0.15) is 28.5 Å². The zero-order valence-electron chi connectivity index (χ0n) is 11.8. The Bertz CT molecular complexity index is 635. The molecule has 2 rings (SSSR count). The second kappa shape index (κ2) is 5.79. The van der Waals surface area contributed by atoms with Crippen molar-refractivity contribution in [3.8, 4) is 12.3 Å². The molecule has 0 atom stereocenters. The quantitative estimate of drug-likeness (QED) is 0.791. The van der Waals surface area contributed by atoms with Crippen LogP contribution in [0.2, 0.25) is 0 Å². The highest BCUT2D eigenvalue weighted by molar-refractivity contribution is 5.93. The van der Waals surface area contributed by atoms with Gasteiger partial charge in [-0.05, 0) is 6.92 Å². The maximum atomic E-state index is 12.6.